The van der Waals surface area contributed by atoms with Gasteiger partial charge in [-0.2, -0.15) is 0 Å². The van der Waals surface area contributed by atoms with Crippen LogP contribution in [-0.2, 0) is 4.79 Å². The second kappa shape index (κ2) is 8.50. The Bertz CT molecular complexity index is 1150. The summed E-state index contributed by atoms with van der Waals surface area (Å²) in [7, 11) is 0. The van der Waals surface area contributed by atoms with E-state index >= 15 is 0 Å². The maximum absolute atomic E-state index is 13.5. The number of ketones is 1. The molecule has 0 spiro atoms. The molecule has 0 amide bonds. The zero-order valence-electron chi connectivity index (χ0n) is 18.3. The molecule has 2 unspecified atom stereocenters. The molecule has 5 rings (SSSR count). The molecule has 2 heterocycles. The number of nitrogens with one attached hydrogen (secondary N) is 2. The monoisotopic (exact) mass is 425 g/mol. The Hall–Kier alpha value is -3.60. The zero-order chi connectivity index (χ0) is 22.1. The fourth-order valence-corrected chi connectivity index (χ4v) is 4.62. The number of carbonyl (C=O) groups is 1. The molecule has 0 radical (unpaired) electrons. The Kier molecular flexibility index (Phi) is 5.39. The lowest BCUT2D eigenvalue weighted by Crippen LogP contribution is -2.26. The van der Waals surface area contributed by atoms with Crippen molar-refractivity contribution in [2.24, 2.45) is 0 Å². The number of nitrogens with zero attached hydrogens (tertiary/aromatic N) is 1. The van der Waals surface area contributed by atoms with Crippen molar-refractivity contribution in [1.82, 2.24) is 4.98 Å². The highest BCUT2D eigenvalue weighted by molar-refractivity contribution is 6.01. The third kappa shape index (κ3) is 3.98. The molecule has 0 saturated heterocycles. The van der Waals surface area contributed by atoms with Crippen LogP contribution < -0.4 is 15.4 Å². The van der Waals surface area contributed by atoms with E-state index in [1.165, 1.54) is 0 Å². The van der Waals surface area contributed by atoms with Crippen LogP contribution in [0.25, 0.3) is 0 Å². The molecule has 2 N–H and O–H groups in total. The Morgan fingerprint density at radius 1 is 0.906 bits per heavy atom. The van der Waals surface area contributed by atoms with E-state index in [9.17, 15) is 4.79 Å². The van der Waals surface area contributed by atoms with Gasteiger partial charge in [0.05, 0.1) is 23.5 Å². The molecule has 0 saturated carbocycles. The van der Waals surface area contributed by atoms with Crippen LogP contribution in [0.2, 0.25) is 0 Å². The minimum absolute atomic E-state index is 0.130. The highest BCUT2D eigenvalue weighted by atomic mass is 16.5. The zero-order valence-corrected chi connectivity index (χ0v) is 18.3. The van der Waals surface area contributed by atoms with Crippen LogP contribution in [0.15, 0.2) is 84.3 Å². The first-order valence-corrected chi connectivity index (χ1v) is 11.1. The number of hydrogen-bond acceptors (Lipinski definition) is 5. The van der Waals surface area contributed by atoms with Gasteiger partial charge in [0, 0.05) is 30.1 Å². The minimum Gasteiger partial charge on any atom is -0.491 e. The van der Waals surface area contributed by atoms with E-state index < -0.39 is 0 Å². The van der Waals surface area contributed by atoms with Gasteiger partial charge in [0.15, 0.2) is 5.78 Å². The third-order valence-electron chi connectivity index (χ3n) is 6.07. The number of fused-ring (bicyclic) bond motifs is 1. The predicted octanol–water partition coefficient (Wildman–Crippen LogP) is 5.85. The molecule has 2 aliphatic rings. The normalized spacial score (nSPS) is 20.0. The van der Waals surface area contributed by atoms with Gasteiger partial charge in [0.1, 0.15) is 5.75 Å². The molecule has 162 valence electrons. The molecule has 3 aromatic rings. The van der Waals surface area contributed by atoms with E-state index in [0.717, 1.165) is 45.9 Å². The lowest BCUT2D eigenvalue weighted by atomic mass is 9.78. The van der Waals surface area contributed by atoms with Crippen molar-refractivity contribution in [3.8, 4) is 5.75 Å². The lowest BCUT2D eigenvalue weighted by molar-refractivity contribution is -0.116. The van der Waals surface area contributed by atoms with Gasteiger partial charge in [-0.25, -0.2) is 0 Å². The molecular formula is C27H27N3O2. The smallest absolute Gasteiger partial charge is 0.163 e. The average molecular weight is 426 g/mol. The fraction of sp³-hybridized carbons (Fsp3) is 0.259. The summed E-state index contributed by atoms with van der Waals surface area (Å²) in [5.74, 6) is 1.16. The number of rotatable bonds is 4. The van der Waals surface area contributed by atoms with Crippen molar-refractivity contribution in [3.05, 3.63) is 95.5 Å². The molecule has 0 bridgehead atoms. The summed E-state index contributed by atoms with van der Waals surface area (Å²) >= 11 is 0. The van der Waals surface area contributed by atoms with Gasteiger partial charge in [-0.3, -0.25) is 9.78 Å². The van der Waals surface area contributed by atoms with E-state index in [-0.39, 0.29) is 23.8 Å². The second-order valence-electron chi connectivity index (χ2n) is 8.68. The molecule has 32 heavy (non-hydrogen) atoms. The number of para-hydroxylation sites is 2. The summed E-state index contributed by atoms with van der Waals surface area (Å²) in [5, 5.41) is 7.18. The Morgan fingerprint density at radius 3 is 2.34 bits per heavy atom. The number of allylic oxidation sites excluding steroid dienone is 1. The van der Waals surface area contributed by atoms with E-state index in [0.29, 0.717) is 6.42 Å². The summed E-state index contributed by atoms with van der Waals surface area (Å²) in [6, 6.07) is 20.0. The minimum atomic E-state index is -0.209. The Balaban J connectivity index is 1.51. The molecule has 2 atom stereocenters. The maximum atomic E-state index is 13.5. The van der Waals surface area contributed by atoms with Gasteiger partial charge in [-0.05, 0) is 73.7 Å². The number of hydrogen-bond donors (Lipinski definition) is 2. The molecule has 2 aromatic carbocycles. The number of Topliss-reactive ketones (excluding diaryl/α,β-unsaturated/α-hetero) is 1. The summed E-state index contributed by atoms with van der Waals surface area (Å²) in [6.45, 7) is 4.04. The molecular weight excluding hydrogens is 398 g/mol. The van der Waals surface area contributed by atoms with Crippen LogP contribution in [0.5, 0.6) is 5.75 Å². The van der Waals surface area contributed by atoms with Crippen molar-refractivity contribution >= 4 is 17.2 Å². The first kappa shape index (κ1) is 20.3. The largest absolute Gasteiger partial charge is 0.491 e. The van der Waals surface area contributed by atoms with E-state index in [1.54, 1.807) is 12.4 Å². The summed E-state index contributed by atoms with van der Waals surface area (Å²) in [5.41, 5.74) is 5.99. The van der Waals surface area contributed by atoms with E-state index in [1.807, 2.05) is 62.4 Å². The van der Waals surface area contributed by atoms with Crippen LogP contribution in [0.3, 0.4) is 0 Å². The van der Waals surface area contributed by atoms with Crippen LogP contribution in [-0.4, -0.2) is 16.9 Å². The van der Waals surface area contributed by atoms with Crippen molar-refractivity contribution in [2.45, 2.75) is 44.8 Å². The highest BCUT2D eigenvalue weighted by Crippen LogP contribution is 2.44. The predicted molar refractivity (Wildman–Crippen MR) is 127 cm³/mol. The van der Waals surface area contributed by atoms with Crippen LogP contribution in [0, 0.1) is 0 Å². The van der Waals surface area contributed by atoms with E-state index in [2.05, 4.69) is 27.8 Å². The Morgan fingerprint density at radius 2 is 1.62 bits per heavy atom. The SMILES string of the molecule is CC(C)Oc1ccc(C2CC(=O)C3=C(C2)Nc2ccccc2NC3c2ccncc2)cc1. The summed E-state index contributed by atoms with van der Waals surface area (Å²) < 4.78 is 5.78. The first-order valence-electron chi connectivity index (χ1n) is 11.1. The van der Waals surface area contributed by atoms with Gasteiger partial charge in [-0.15, -0.1) is 0 Å². The molecule has 0 fully saturated rings. The van der Waals surface area contributed by atoms with Crippen molar-refractivity contribution in [3.63, 3.8) is 0 Å². The van der Waals surface area contributed by atoms with Gasteiger partial charge in [-0.1, -0.05) is 24.3 Å². The van der Waals surface area contributed by atoms with Crippen molar-refractivity contribution < 1.29 is 9.53 Å². The standard InChI is InChI=1S/C27H27N3O2/c1-17(2)32-21-9-7-18(8-10-21)20-15-24-26(25(31)16-20)27(19-11-13-28-14-12-19)30-23-6-4-3-5-22(23)29-24/h3-14,17,20,27,29-30H,15-16H2,1-2H3. The number of benzene rings is 2. The number of ether oxygens (including phenoxy) is 1. The van der Waals surface area contributed by atoms with E-state index in [4.69, 9.17) is 4.74 Å². The van der Waals surface area contributed by atoms with Crippen LogP contribution >= 0.6 is 0 Å². The molecule has 1 aliphatic heterocycles. The number of carbonyl (C=O) groups excluding carboxylic acids is 1. The topological polar surface area (TPSA) is 63.2 Å². The number of anilines is 2. The average Bonchev–Trinajstić information content (AvgIpc) is 2.96. The molecule has 1 aliphatic carbocycles. The molecule has 5 heteroatoms. The Labute approximate surface area is 188 Å². The second-order valence-corrected chi connectivity index (χ2v) is 8.68. The van der Waals surface area contributed by atoms with Crippen LogP contribution in [0.4, 0.5) is 11.4 Å². The number of aromatic nitrogens is 1. The van der Waals surface area contributed by atoms with Gasteiger partial charge in [0.25, 0.3) is 0 Å². The summed E-state index contributed by atoms with van der Waals surface area (Å²) in [6.07, 6.45) is 4.96. The third-order valence-corrected chi connectivity index (χ3v) is 6.07. The molecule has 1 aromatic heterocycles. The quantitative estimate of drug-likeness (QED) is 0.549. The van der Waals surface area contributed by atoms with Gasteiger partial charge >= 0.3 is 0 Å². The maximum Gasteiger partial charge on any atom is 0.163 e. The molecule has 5 nitrogen and oxygen atoms in total. The van der Waals surface area contributed by atoms with Gasteiger partial charge < -0.3 is 15.4 Å². The number of pyridine rings is 1. The van der Waals surface area contributed by atoms with Crippen LogP contribution in [0.1, 0.15) is 49.8 Å². The lowest BCUT2D eigenvalue weighted by Gasteiger charge is -2.30. The fourth-order valence-electron chi connectivity index (χ4n) is 4.62. The summed E-state index contributed by atoms with van der Waals surface area (Å²) in [4.78, 5) is 17.7. The van der Waals surface area contributed by atoms with Crippen molar-refractivity contribution in [2.75, 3.05) is 10.6 Å². The first-order chi connectivity index (χ1) is 15.6. The van der Waals surface area contributed by atoms with Gasteiger partial charge in [0.2, 0.25) is 0 Å². The highest BCUT2D eigenvalue weighted by Gasteiger charge is 2.36. The van der Waals surface area contributed by atoms with Crippen molar-refractivity contribution in [1.29, 1.82) is 0 Å².